The highest BCUT2D eigenvalue weighted by molar-refractivity contribution is 7.99. The Morgan fingerprint density at radius 3 is 2.65 bits per heavy atom. The second-order valence-corrected chi connectivity index (χ2v) is 7.33. The van der Waals surface area contributed by atoms with Gasteiger partial charge in [0.15, 0.2) is 0 Å². The average molecular weight is 344 g/mol. The SMILES string of the molecule is Clc1ccc(Cn2c(CN3CCSC3)nc3ccccc32)cc1. The summed E-state index contributed by atoms with van der Waals surface area (Å²) in [5.74, 6) is 3.46. The van der Waals surface area contributed by atoms with Gasteiger partial charge in [0, 0.05) is 29.7 Å². The molecule has 3 aromatic rings. The Morgan fingerprint density at radius 2 is 1.87 bits per heavy atom. The van der Waals surface area contributed by atoms with E-state index in [1.807, 2.05) is 23.9 Å². The summed E-state index contributed by atoms with van der Waals surface area (Å²) in [4.78, 5) is 7.34. The van der Waals surface area contributed by atoms with Gasteiger partial charge in [0.25, 0.3) is 0 Å². The highest BCUT2D eigenvalue weighted by Gasteiger charge is 2.17. The van der Waals surface area contributed by atoms with Crippen LogP contribution in [-0.4, -0.2) is 32.6 Å². The number of nitrogens with zero attached hydrogens (tertiary/aromatic N) is 3. The van der Waals surface area contributed by atoms with Gasteiger partial charge in [0.05, 0.1) is 17.6 Å². The van der Waals surface area contributed by atoms with E-state index in [2.05, 4.69) is 45.9 Å². The largest absolute Gasteiger partial charge is 0.322 e. The third kappa shape index (κ3) is 3.25. The lowest BCUT2D eigenvalue weighted by molar-refractivity contribution is 0.334. The van der Waals surface area contributed by atoms with Crippen molar-refractivity contribution in [1.82, 2.24) is 14.5 Å². The Kier molecular flexibility index (Phi) is 4.29. The van der Waals surface area contributed by atoms with E-state index in [1.54, 1.807) is 0 Å². The minimum Gasteiger partial charge on any atom is -0.322 e. The van der Waals surface area contributed by atoms with Crippen molar-refractivity contribution in [3.05, 3.63) is 64.9 Å². The van der Waals surface area contributed by atoms with Crippen LogP contribution in [0.2, 0.25) is 5.02 Å². The minimum atomic E-state index is 0.776. The highest BCUT2D eigenvalue weighted by Crippen LogP contribution is 2.22. The molecule has 0 bridgehead atoms. The fraction of sp³-hybridized carbons (Fsp3) is 0.278. The van der Waals surface area contributed by atoms with Crippen LogP contribution in [0.5, 0.6) is 0 Å². The maximum Gasteiger partial charge on any atom is 0.124 e. The second kappa shape index (κ2) is 6.56. The number of fused-ring (bicyclic) bond motifs is 1. The second-order valence-electron chi connectivity index (χ2n) is 5.82. The van der Waals surface area contributed by atoms with Crippen molar-refractivity contribution in [1.29, 1.82) is 0 Å². The maximum absolute atomic E-state index is 6.01. The van der Waals surface area contributed by atoms with Crippen LogP contribution in [0, 0.1) is 0 Å². The Hall–Kier alpha value is -1.49. The molecule has 118 valence electrons. The molecule has 0 saturated carbocycles. The lowest BCUT2D eigenvalue weighted by Crippen LogP contribution is -2.21. The molecule has 2 aromatic carbocycles. The van der Waals surface area contributed by atoms with Crippen molar-refractivity contribution in [3.8, 4) is 0 Å². The van der Waals surface area contributed by atoms with Crippen molar-refractivity contribution >= 4 is 34.4 Å². The standard InChI is InChI=1S/C18H18ClN3S/c19-15-7-5-14(6-8-15)11-22-17-4-2-1-3-16(17)20-18(22)12-21-9-10-23-13-21/h1-8H,9-13H2. The van der Waals surface area contributed by atoms with Gasteiger partial charge in [-0.25, -0.2) is 4.98 Å². The predicted octanol–water partition coefficient (Wildman–Crippen LogP) is 4.24. The number of rotatable bonds is 4. The van der Waals surface area contributed by atoms with E-state index >= 15 is 0 Å². The van der Waals surface area contributed by atoms with Crippen LogP contribution < -0.4 is 0 Å². The first-order valence-electron chi connectivity index (χ1n) is 7.78. The Labute approximate surface area is 145 Å². The van der Waals surface area contributed by atoms with Crippen LogP contribution in [0.3, 0.4) is 0 Å². The number of hydrogen-bond acceptors (Lipinski definition) is 3. The van der Waals surface area contributed by atoms with E-state index in [1.165, 1.54) is 16.8 Å². The van der Waals surface area contributed by atoms with Gasteiger partial charge >= 0.3 is 0 Å². The van der Waals surface area contributed by atoms with E-state index in [0.29, 0.717) is 0 Å². The van der Waals surface area contributed by atoms with Crippen molar-refractivity contribution < 1.29 is 0 Å². The molecule has 4 rings (SSSR count). The average Bonchev–Trinajstić information content (AvgIpc) is 3.19. The van der Waals surface area contributed by atoms with Gasteiger partial charge in [0.2, 0.25) is 0 Å². The molecule has 0 aliphatic carbocycles. The van der Waals surface area contributed by atoms with Gasteiger partial charge in [-0.15, -0.1) is 11.8 Å². The Bertz CT molecular complexity index is 807. The number of imidazole rings is 1. The normalized spacial score (nSPS) is 15.5. The summed E-state index contributed by atoms with van der Waals surface area (Å²) in [6.45, 7) is 2.89. The van der Waals surface area contributed by atoms with Gasteiger partial charge in [0.1, 0.15) is 5.82 Å². The third-order valence-corrected chi connectivity index (χ3v) is 5.45. The van der Waals surface area contributed by atoms with Crippen molar-refractivity contribution in [3.63, 3.8) is 0 Å². The molecule has 0 N–H and O–H groups in total. The molecule has 1 saturated heterocycles. The summed E-state index contributed by atoms with van der Waals surface area (Å²) in [5.41, 5.74) is 3.52. The molecule has 1 fully saturated rings. The number of benzene rings is 2. The fourth-order valence-electron chi connectivity index (χ4n) is 2.97. The molecule has 0 radical (unpaired) electrons. The molecule has 0 unspecified atom stereocenters. The lowest BCUT2D eigenvalue weighted by Gasteiger charge is -2.15. The van der Waals surface area contributed by atoms with Crippen LogP contribution in [0.25, 0.3) is 11.0 Å². The minimum absolute atomic E-state index is 0.776. The maximum atomic E-state index is 6.01. The molecule has 0 amide bonds. The molecule has 5 heteroatoms. The smallest absolute Gasteiger partial charge is 0.124 e. The molecule has 3 nitrogen and oxygen atoms in total. The van der Waals surface area contributed by atoms with Gasteiger partial charge in [-0.1, -0.05) is 35.9 Å². The fourth-order valence-corrected chi connectivity index (χ4v) is 4.09. The predicted molar refractivity (Wildman–Crippen MR) is 98.0 cm³/mol. The van der Waals surface area contributed by atoms with E-state index in [9.17, 15) is 0 Å². The summed E-state index contributed by atoms with van der Waals surface area (Å²) in [6.07, 6.45) is 0. The van der Waals surface area contributed by atoms with Gasteiger partial charge in [-0.3, -0.25) is 4.90 Å². The summed E-state index contributed by atoms with van der Waals surface area (Å²) in [5, 5.41) is 0.776. The molecule has 2 heterocycles. The molecular formula is C18H18ClN3S. The molecule has 0 spiro atoms. The molecule has 1 aromatic heterocycles. The first-order chi connectivity index (χ1) is 11.3. The Balaban J connectivity index is 1.71. The molecule has 23 heavy (non-hydrogen) atoms. The van der Waals surface area contributed by atoms with E-state index in [4.69, 9.17) is 16.6 Å². The van der Waals surface area contributed by atoms with E-state index in [0.717, 1.165) is 41.9 Å². The summed E-state index contributed by atoms with van der Waals surface area (Å²) < 4.78 is 2.33. The van der Waals surface area contributed by atoms with Crippen LogP contribution in [-0.2, 0) is 13.1 Å². The number of halogens is 1. The first-order valence-corrected chi connectivity index (χ1v) is 9.31. The number of para-hydroxylation sites is 2. The molecule has 0 atom stereocenters. The topological polar surface area (TPSA) is 21.1 Å². The number of thioether (sulfide) groups is 1. The van der Waals surface area contributed by atoms with Crippen LogP contribution >= 0.6 is 23.4 Å². The monoisotopic (exact) mass is 343 g/mol. The lowest BCUT2D eigenvalue weighted by atomic mass is 10.2. The quantitative estimate of drug-likeness (QED) is 0.706. The number of aromatic nitrogens is 2. The van der Waals surface area contributed by atoms with Crippen LogP contribution in [0.15, 0.2) is 48.5 Å². The van der Waals surface area contributed by atoms with Crippen molar-refractivity contribution in [2.24, 2.45) is 0 Å². The summed E-state index contributed by atoms with van der Waals surface area (Å²) in [6, 6.07) is 16.5. The first kappa shape index (κ1) is 15.1. The van der Waals surface area contributed by atoms with Crippen LogP contribution in [0.4, 0.5) is 0 Å². The Morgan fingerprint density at radius 1 is 1.04 bits per heavy atom. The van der Waals surface area contributed by atoms with Crippen molar-refractivity contribution in [2.45, 2.75) is 13.1 Å². The number of hydrogen-bond donors (Lipinski definition) is 0. The zero-order valence-electron chi connectivity index (χ0n) is 12.8. The summed E-state index contributed by atoms with van der Waals surface area (Å²) >= 11 is 8.00. The zero-order chi connectivity index (χ0) is 15.6. The third-order valence-electron chi connectivity index (χ3n) is 4.18. The van der Waals surface area contributed by atoms with Gasteiger partial charge in [-0.05, 0) is 29.8 Å². The van der Waals surface area contributed by atoms with Gasteiger partial charge < -0.3 is 4.57 Å². The molecular weight excluding hydrogens is 326 g/mol. The van der Waals surface area contributed by atoms with E-state index in [-0.39, 0.29) is 0 Å². The highest BCUT2D eigenvalue weighted by atomic mass is 35.5. The van der Waals surface area contributed by atoms with Gasteiger partial charge in [-0.2, -0.15) is 0 Å². The van der Waals surface area contributed by atoms with E-state index < -0.39 is 0 Å². The van der Waals surface area contributed by atoms with Crippen LogP contribution in [0.1, 0.15) is 11.4 Å². The molecule has 1 aliphatic rings. The molecule has 1 aliphatic heterocycles. The summed E-state index contributed by atoms with van der Waals surface area (Å²) in [7, 11) is 0. The zero-order valence-corrected chi connectivity index (χ0v) is 14.4. The van der Waals surface area contributed by atoms with Crippen molar-refractivity contribution in [2.75, 3.05) is 18.2 Å².